The maximum atomic E-state index is 14.0. The van der Waals surface area contributed by atoms with E-state index in [-0.39, 0.29) is 23.4 Å². The maximum absolute atomic E-state index is 14.0. The molecular weight excluding hydrogens is 510 g/mol. The van der Waals surface area contributed by atoms with E-state index in [1.165, 1.54) is 4.90 Å². The Bertz CT molecular complexity index is 1380. The second-order valence-electron chi connectivity index (χ2n) is 10.3. The number of benzene rings is 3. The van der Waals surface area contributed by atoms with Crippen molar-refractivity contribution in [1.82, 2.24) is 10.2 Å². The second-order valence-corrected chi connectivity index (χ2v) is 12.1. The SMILES string of the molecule is CCC(C(=O)NC(C)C)N(Cc1cccc(C)c1)C(=O)CN(c1ccc(C)cc1)S(=O)(=O)c1ccc(C)cc1. The lowest BCUT2D eigenvalue weighted by Crippen LogP contribution is -2.53. The standard InChI is InChI=1S/C31H39N3O4S/c1-7-29(31(36)32-22(2)3)33(20-26-10-8-9-25(6)19-26)30(35)21-34(27-15-11-23(4)12-16-27)39(37,38)28-17-13-24(5)14-18-28/h8-19,22,29H,7,20-21H2,1-6H3,(H,32,36). The minimum atomic E-state index is -4.08. The van der Waals surface area contributed by atoms with Crippen LogP contribution in [0.5, 0.6) is 0 Å². The van der Waals surface area contributed by atoms with E-state index in [1.54, 1.807) is 36.4 Å². The number of hydrogen-bond donors (Lipinski definition) is 1. The van der Waals surface area contributed by atoms with Crippen LogP contribution in [0.4, 0.5) is 5.69 Å². The molecule has 39 heavy (non-hydrogen) atoms. The summed E-state index contributed by atoms with van der Waals surface area (Å²) in [7, 11) is -4.08. The van der Waals surface area contributed by atoms with Crippen LogP contribution in [-0.2, 0) is 26.2 Å². The number of carbonyl (C=O) groups is 2. The molecule has 0 aromatic heterocycles. The number of amides is 2. The van der Waals surface area contributed by atoms with Gasteiger partial charge in [-0.25, -0.2) is 8.42 Å². The van der Waals surface area contributed by atoms with E-state index in [0.717, 1.165) is 26.6 Å². The molecule has 0 radical (unpaired) electrons. The molecule has 0 saturated carbocycles. The smallest absolute Gasteiger partial charge is 0.264 e. The molecule has 0 aliphatic carbocycles. The van der Waals surface area contributed by atoms with Crippen LogP contribution in [0.2, 0.25) is 0 Å². The van der Waals surface area contributed by atoms with Crippen LogP contribution in [0.1, 0.15) is 49.4 Å². The van der Waals surface area contributed by atoms with E-state index < -0.39 is 28.5 Å². The molecule has 208 valence electrons. The summed E-state index contributed by atoms with van der Waals surface area (Å²) in [6.45, 7) is 11.1. The first-order valence-corrected chi connectivity index (χ1v) is 14.7. The number of anilines is 1. The molecule has 3 aromatic carbocycles. The van der Waals surface area contributed by atoms with Crippen molar-refractivity contribution in [2.24, 2.45) is 0 Å². The van der Waals surface area contributed by atoms with E-state index >= 15 is 0 Å². The zero-order valence-corrected chi connectivity index (χ0v) is 24.5. The van der Waals surface area contributed by atoms with Crippen LogP contribution in [0.3, 0.4) is 0 Å². The summed E-state index contributed by atoms with van der Waals surface area (Å²) in [5.41, 5.74) is 4.17. The number of carbonyl (C=O) groups excluding carboxylic acids is 2. The fourth-order valence-corrected chi connectivity index (χ4v) is 5.80. The molecule has 1 unspecified atom stereocenters. The summed E-state index contributed by atoms with van der Waals surface area (Å²) in [4.78, 5) is 28.8. The zero-order valence-electron chi connectivity index (χ0n) is 23.6. The van der Waals surface area contributed by atoms with E-state index in [2.05, 4.69) is 5.32 Å². The van der Waals surface area contributed by atoms with Gasteiger partial charge in [0.2, 0.25) is 11.8 Å². The van der Waals surface area contributed by atoms with Gasteiger partial charge in [-0.3, -0.25) is 13.9 Å². The first-order chi connectivity index (χ1) is 18.4. The van der Waals surface area contributed by atoms with Gasteiger partial charge in [0, 0.05) is 12.6 Å². The van der Waals surface area contributed by atoms with Crippen molar-refractivity contribution in [1.29, 1.82) is 0 Å². The highest BCUT2D eigenvalue weighted by molar-refractivity contribution is 7.92. The first-order valence-electron chi connectivity index (χ1n) is 13.2. The highest BCUT2D eigenvalue weighted by Gasteiger charge is 2.33. The van der Waals surface area contributed by atoms with Gasteiger partial charge in [0.25, 0.3) is 10.0 Å². The molecule has 1 N–H and O–H groups in total. The Kier molecular flexibility index (Phi) is 9.92. The van der Waals surface area contributed by atoms with Crippen molar-refractivity contribution >= 4 is 27.5 Å². The Balaban J connectivity index is 2.06. The van der Waals surface area contributed by atoms with Crippen LogP contribution in [0, 0.1) is 20.8 Å². The lowest BCUT2D eigenvalue weighted by atomic mass is 10.1. The van der Waals surface area contributed by atoms with Crippen molar-refractivity contribution in [3.05, 3.63) is 95.1 Å². The van der Waals surface area contributed by atoms with Crippen LogP contribution >= 0.6 is 0 Å². The molecule has 0 aliphatic rings. The molecule has 8 heteroatoms. The van der Waals surface area contributed by atoms with E-state index in [4.69, 9.17) is 0 Å². The molecule has 0 aliphatic heterocycles. The Morgan fingerprint density at radius 2 is 1.44 bits per heavy atom. The maximum Gasteiger partial charge on any atom is 0.264 e. The van der Waals surface area contributed by atoms with Crippen molar-refractivity contribution in [2.45, 2.75) is 71.5 Å². The summed E-state index contributed by atoms with van der Waals surface area (Å²) >= 11 is 0. The molecule has 1 atom stereocenters. The van der Waals surface area contributed by atoms with Crippen LogP contribution in [0.25, 0.3) is 0 Å². The van der Waals surface area contributed by atoms with Gasteiger partial charge in [0.05, 0.1) is 10.6 Å². The lowest BCUT2D eigenvalue weighted by Gasteiger charge is -2.33. The average Bonchev–Trinajstić information content (AvgIpc) is 2.87. The minimum absolute atomic E-state index is 0.0938. The third-order valence-corrected chi connectivity index (χ3v) is 8.25. The third kappa shape index (κ3) is 7.69. The van der Waals surface area contributed by atoms with Crippen molar-refractivity contribution in [3.8, 4) is 0 Å². The molecule has 0 heterocycles. The van der Waals surface area contributed by atoms with Gasteiger partial charge >= 0.3 is 0 Å². The number of nitrogens with one attached hydrogen (secondary N) is 1. The normalized spacial score (nSPS) is 12.2. The number of sulfonamides is 1. The van der Waals surface area contributed by atoms with Gasteiger partial charge < -0.3 is 10.2 Å². The molecule has 7 nitrogen and oxygen atoms in total. The number of aryl methyl sites for hydroxylation is 3. The van der Waals surface area contributed by atoms with E-state index in [1.807, 2.05) is 77.9 Å². The molecule has 3 rings (SSSR count). The van der Waals surface area contributed by atoms with Gasteiger partial charge in [-0.05, 0) is 70.9 Å². The summed E-state index contributed by atoms with van der Waals surface area (Å²) < 4.78 is 28.9. The summed E-state index contributed by atoms with van der Waals surface area (Å²) in [5, 5.41) is 2.91. The Labute approximate surface area is 232 Å². The molecule has 0 spiro atoms. The second kappa shape index (κ2) is 12.9. The van der Waals surface area contributed by atoms with E-state index in [0.29, 0.717) is 12.1 Å². The number of nitrogens with zero attached hydrogens (tertiary/aromatic N) is 2. The molecule has 0 bridgehead atoms. The van der Waals surface area contributed by atoms with Gasteiger partial charge in [-0.15, -0.1) is 0 Å². The predicted octanol–water partition coefficient (Wildman–Crippen LogP) is 5.14. The minimum Gasteiger partial charge on any atom is -0.352 e. The zero-order chi connectivity index (χ0) is 28.7. The molecule has 2 amide bonds. The van der Waals surface area contributed by atoms with Crippen molar-refractivity contribution < 1.29 is 18.0 Å². The Morgan fingerprint density at radius 3 is 1.97 bits per heavy atom. The highest BCUT2D eigenvalue weighted by atomic mass is 32.2. The molecule has 3 aromatic rings. The first kappa shape index (κ1) is 29.9. The quantitative estimate of drug-likeness (QED) is 0.359. The van der Waals surface area contributed by atoms with Crippen LogP contribution in [-0.4, -0.2) is 43.8 Å². The van der Waals surface area contributed by atoms with Gasteiger partial charge in [0.1, 0.15) is 12.6 Å². The Morgan fingerprint density at radius 1 is 0.846 bits per heavy atom. The highest BCUT2D eigenvalue weighted by Crippen LogP contribution is 2.25. The van der Waals surface area contributed by atoms with Crippen molar-refractivity contribution in [3.63, 3.8) is 0 Å². The number of hydrogen-bond acceptors (Lipinski definition) is 4. The topological polar surface area (TPSA) is 86.8 Å². The largest absolute Gasteiger partial charge is 0.352 e. The average molecular weight is 550 g/mol. The summed E-state index contributed by atoms with van der Waals surface area (Å²) in [5.74, 6) is -0.727. The molecular formula is C31H39N3O4S. The van der Waals surface area contributed by atoms with E-state index in [9.17, 15) is 18.0 Å². The van der Waals surface area contributed by atoms with Gasteiger partial charge in [-0.1, -0.05) is 72.1 Å². The fraction of sp³-hybridized carbons (Fsp3) is 0.355. The van der Waals surface area contributed by atoms with Gasteiger partial charge in [-0.2, -0.15) is 0 Å². The summed E-state index contributed by atoms with van der Waals surface area (Å²) in [6, 6.07) is 20.5. The van der Waals surface area contributed by atoms with Crippen LogP contribution in [0.15, 0.2) is 77.7 Å². The van der Waals surface area contributed by atoms with Crippen molar-refractivity contribution in [2.75, 3.05) is 10.8 Å². The monoisotopic (exact) mass is 549 g/mol. The molecule has 0 saturated heterocycles. The third-order valence-electron chi connectivity index (χ3n) is 6.46. The van der Waals surface area contributed by atoms with Crippen LogP contribution < -0.4 is 9.62 Å². The summed E-state index contributed by atoms with van der Waals surface area (Å²) in [6.07, 6.45) is 0.380. The predicted molar refractivity (Wildman–Crippen MR) is 156 cm³/mol. The fourth-order valence-electron chi connectivity index (χ4n) is 4.38. The van der Waals surface area contributed by atoms with Gasteiger partial charge in [0.15, 0.2) is 0 Å². The number of rotatable bonds is 11. The Hall–Kier alpha value is -3.65. The molecule has 0 fully saturated rings. The lowest BCUT2D eigenvalue weighted by molar-refractivity contribution is -0.140.